The average Bonchev–Trinajstić information content (AvgIpc) is 3.15. The van der Waals surface area contributed by atoms with Gasteiger partial charge in [0.2, 0.25) is 0 Å². The standard InChI is InChI=1S/C30H30N2O4S/c1-17-11-14-22-28(2,3)25(32-35-5)21(37-19-9-7-6-8-10-19)16-30(22)29(17,4)15-18-12-13-20-23(24(18)36-30)27(34)31-26(20)33/h6-14,16,27,34H,15H2,1-5H3,(H,31,33). The number of nitrogens with zero attached hydrogens (tertiary/aromatic N) is 1. The van der Waals surface area contributed by atoms with Crippen molar-refractivity contribution in [2.75, 3.05) is 7.11 Å². The SMILES string of the molecule is CON=C1C(Sc2ccccc2)=CC23Oc4c(ccc5c4C(O)NC5=O)CC2(C)C(C)=CC=C3C1(C)C. The molecule has 0 bridgehead atoms. The Kier molecular flexibility index (Phi) is 5.27. The molecule has 2 heterocycles. The van der Waals surface area contributed by atoms with Crippen LogP contribution in [-0.2, 0) is 11.3 Å². The molecule has 0 fully saturated rings. The fourth-order valence-electron chi connectivity index (χ4n) is 6.31. The Morgan fingerprint density at radius 2 is 1.89 bits per heavy atom. The van der Waals surface area contributed by atoms with Crippen LogP contribution in [0.2, 0.25) is 0 Å². The summed E-state index contributed by atoms with van der Waals surface area (Å²) in [5.41, 5.74) is 3.28. The van der Waals surface area contributed by atoms with Crippen molar-refractivity contribution in [3.63, 3.8) is 0 Å². The first-order valence-corrected chi connectivity index (χ1v) is 13.3. The lowest BCUT2D eigenvalue weighted by molar-refractivity contribution is 0.00715. The summed E-state index contributed by atoms with van der Waals surface area (Å²) in [6.07, 6.45) is 6.12. The van der Waals surface area contributed by atoms with Crippen molar-refractivity contribution in [2.45, 2.75) is 50.8 Å². The van der Waals surface area contributed by atoms with E-state index in [2.05, 4.69) is 68.5 Å². The summed E-state index contributed by atoms with van der Waals surface area (Å²) < 4.78 is 7.15. The monoisotopic (exact) mass is 514 g/mol. The van der Waals surface area contributed by atoms with Crippen molar-refractivity contribution in [3.8, 4) is 5.75 Å². The van der Waals surface area contributed by atoms with E-state index in [-0.39, 0.29) is 5.91 Å². The number of allylic oxidation sites excluding steroid dienone is 3. The third kappa shape index (κ3) is 3.23. The lowest BCUT2D eigenvalue weighted by Gasteiger charge is -2.58. The predicted molar refractivity (Wildman–Crippen MR) is 144 cm³/mol. The van der Waals surface area contributed by atoms with E-state index in [1.165, 1.54) is 5.57 Å². The summed E-state index contributed by atoms with van der Waals surface area (Å²) in [6, 6.07) is 14.0. The van der Waals surface area contributed by atoms with Gasteiger partial charge in [0.25, 0.3) is 5.91 Å². The first-order chi connectivity index (χ1) is 17.6. The topological polar surface area (TPSA) is 80.2 Å². The van der Waals surface area contributed by atoms with Crippen molar-refractivity contribution >= 4 is 23.4 Å². The van der Waals surface area contributed by atoms with Gasteiger partial charge in [-0.1, -0.05) is 79.7 Å². The molecule has 0 saturated carbocycles. The highest BCUT2D eigenvalue weighted by molar-refractivity contribution is 8.04. The lowest BCUT2D eigenvalue weighted by atomic mass is 9.52. The molecule has 2 N–H and O–H groups in total. The van der Waals surface area contributed by atoms with Gasteiger partial charge in [-0.15, -0.1) is 0 Å². The number of aliphatic hydroxyl groups excluding tert-OH is 1. The molecule has 2 aromatic carbocycles. The number of benzene rings is 2. The van der Waals surface area contributed by atoms with Crippen molar-refractivity contribution in [1.82, 2.24) is 5.32 Å². The minimum atomic E-state index is -1.10. The molecule has 7 heteroatoms. The van der Waals surface area contributed by atoms with Crippen LogP contribution in [0.4, 0.5) is 0 Å². The number of hydrogen-bond acceptors (Lipinski definition) is 6. The molecule has 1 spiro atoms. The number of carbonyl (C=O) groups excluding carboxylic acids is 1. The van der Waals surface area contributed by atoms with Gasteiger partial charge in [-0.2, -0.15) is 0 Å². The fourth-order valence-corrected chi connectivity index (χ4v) is 7.47. The van der Waals surface area contributed by atoms with Gasteiger partial charge in [-0.05, 0) is 48.8 Å². The highest BCUT2D eigenvalue weighted by atomic mass is 32.2. The Bertz CT molecular complexity index is 1460. The van der Waals surface area contributed by atoms with Gasteiger partial charge >= 0.3 is 0 Å². The van der Waals surface area contributed by atoms with Gasteiger partial charge in [0.05, 0.1) is 11.1 Å². The summed E-state index contributed by atoms with van der Waals surface area (Å²) in [4.78, 5) is 19.9. The first-order valence-electron chi connectivity index (χ1n) is 12.4. The number of carbonyl (C=O) groups is 1. The Balaban J connectivity index is 1.63. The van der Waals surface area contributed by atoms with Crippen LogP contribution in [-0.4, -0.2) is 29.4 Å². The van der Waals surface area contributed by atoms with Gasteiger partial charge in [-0.3, -0.25) is 4.79 Å². The maximum Gasteiger partial charge on any atom is 0.254 e. The lowest BCUT2D eigenvalue weighted by Crippen LogP contribution is -2.62. The zero-order valence-corrected chi connectivity index (χ0v) is 22.4. The molecule has 3 unspecified atom stereocenters. The second-order valence-electron chi connectivity index (χ2n) is 10.8. The van der Waals surface area contributed by atoms with Crippen molar-refractivity contribution in [3.05, 3.63) is 93.4 Å². The number of hydrogen-bond donors (Lipinski definition) is 2. The molecule has 0 saturated heterocycles. The van der Waals surface area contributed by atoms with Crippen LogP contribution in [0.15, 0.2) is 86.8 Å². The smallest absolute Gasteiger partial charge is 0.254 e. The molecular weight excluding hydrogens is 484 g/mol. The summed E-state index contributed by atoms with van der Waals surface area (Å²) in [5, 5.41) is 17.9. The zero-order valence-electron chi connectivity index (χ0n) is 21.6. The maximum absolute atomic E-state index is 12.5. The Morgan fingerprint density at radius 1 is 1.14 bits per heavy atom. The summed E-state index contributed by atoms with van der Waals surface area (Å²) in [6.45, 7) is 8.71. The first kappa shape index (κ1) is 24.1. The molecule has 2 aromatic rings. The third-order valence-corrected chi connectivity index (χ3v) is 9.49. The van der Waals surface area contributed by atoms with Crippen LogP contribution in [0.25, 0.3) is 0 Å². The number of rotatable bonds is 3. The largest absolute Gasteiger partial charge is 0.477 e. The third-order valence-electron chi connectivity index (χ3n) is 8.45. The minimum Gasteiger partial charge on any atom is -0.477 e. The van der Waals surface area contributed by atoms with Crippen LogP contribution in [0.1, 0.15) is 55.4 Å². The molecule has 4 aliphatic rings. The van der Waals surface area contributed by atoms with Gasteiger partial charge in [0, 0.05) is 20.6 Å². The zero-order chi connectivity index (χ0) is 26.2. The molecular formula is C30H30N2O4S. The van der Waals surface area contributed by atoms with Crippen molar-refractivity contribution in [1.29, 1.82) is 0 Å². The van der Waals surface area contributed by atoms with E-state index in [1.807, 2.05) is 24.3 Å². The summed E-state index contributed by atoms with van der Waals surface area (Å²) >= 11 is 1.64. The van der Waals surface area contributed by atoms with Gasteiger partial charge < -0.3 is 20.0 Å². The van der Waals surface area contributed by atoms with Crippen molar-refractivity contribution in [2.24, 2.45) is 16.0 Å². The number of ether oxygens (including phenoxy) is 1. The molecule has 6 rings (SSSR count). The van der Waals surface area contributed by atoms with Crippen molar-refractivity contribution < 1.29 is 19.5 Å². The normalized spacial score (nSPS) is 30.0. The van der Waals surface area contributed by atoms with Crippen LogP contribution in [0.5, 0.6) is 5.75 Å². The molecule has 190 valence electrons. The van der Waals surface area contributed by atoms with E-state index in [1.54, 1.807) is 24.9 Å². The number of amides is 1. The highest BCUT2D eigenvalue weighted by Gasteiger charge is 2.63. The molecule has 1 amide bonds. The van der Waals surface area contributed by atoms with Crippen LogP contribution < -0.4 is 10.1 Å². The van der Waals surface area contributed by atoms with E-state index in [4.69, 9.17) is 9.57 Å². The number of thioether (sulfide) groups is 1. The quantitative estimate of drug-likeness (QED) is 0.513. The maximum atomic E-state index is 12.5. The second kappa shape index (κ2) is 8.10. The minimum absolute atomic E-state index is 0.287. The van der Waals surface area contributed by atoms with Crippen LogP contribution >= 0.6 is 11.8 Å². The number of oxime groups is 1. The van der Waals surface area contributed by atoms with E-state index >= 15 is 0 Å². The number of aliphatic hydroxyl groups is 1. The van der Waals surface area contributed by atoms with E-state index in [9.17, 15) is 9.90 Å². The molecule has 2 aliphatic carbocycles. The number of fused-ring (bicyclic) bond motifs is 3. The van der Waals surface area contributed by atoms with E-state index < -0.39 is 22.7 Å². The molecule has 37 heavy (non-hydrogen) atoms. The Labute approximate surface area is 221 Å². The van der Waals surface area contributed by atoms with Gasteiger partial charge in [-0.25, -0.2) is 0 Å². The van der Waals surface area contributed by atoms with E-state index in [0.29, 0.717) is 23.3 Å². The second-order valence-corrected chi connectivity index (χ2v) is 12.0. The summed E-state index contributed by atoms with van der Waals surface area (Å²) in [7, 11) is 1.57. The fraction of sp³-hybridized carbons (Fsp3) is 0.333. The predicted octanol–water partition coefficient (Wildman–Crippen LogP) is 5.71. The van der Waals surface area contributed by atoms with Crippen LogP contribution in [0.3, 0.4) is 0 Å². The van der Waals surface area contributed by atoms with Gasteiger partial charge in [0.1, 0.15) is 18.6 Å². The molecule has 2 aliphatic heterocycles. The molecule has 0 aromatic heterocycles. The highest BCUT2D eigenvalue weighted by Crippen LogP contribution is 2.63. The number of nitrogens with one attached hydrogen (secondary N) is 1. The molecule has 6 nitrogen and oxygen atoms in total. The van der Waals surface area contributed by atoms with Crippen LogP contribution in [0, 0.1) is 10.8 Å². The average molecular weight is 515 g/mol. The summed E-state index contributed by atoms with van der Waals surface area (Å²) in [5.74, 6) is 0.300. The molecule has 0 radical (unpaired) electrons. The van der Waals surface area contributed by atoms with Gasteiger partial charge in [0.15, 0.2) is 11.8 Å². The Hall–Kier alpha value is -3.29. The Morgan fingerprint density at radius 3 is 2.62 bits per heavy atom. The van der Waals surface area contributed by atoms with E-state index in [0.717, 1.165) is 26.6 Å². The molecule has 3 atom stereocenters.